The van der Waals surface area contributed by atoms with Crippen molar-refractivity contribution in [3.8, 4) is 0 Å². The highest BCUT2D eigenvalue weighted by Gasteiger charge is 1.94. The second-order valence-corrected chi connectivity index (χ2v) is 6.00. The molecule has 0 aromatic heterocycles. The summed E-state index contributed by atoms with van der Waals surface area (Å²) in [5.41, 5.74) is 6.41. The van der Waals surface area contributed by atoms with Crippen molar-refractivity contribution in [1.29, 1.82) is 0 Å². The van der Waals surface area contributed by atoms with E-state index in [0.29, 0.717) is 0 Å². The summed E-state index contributed by atoms with van der Waals surface area (Å²) in [6, 6.07) is 14.6. The molecular weight excluding hydrogens is 412 g/mol. The lowest BCUT2D eigenvalue weighted by atomic mass is 10.2. The minimum atomic E-state index is -0.512. The van der Waals surface area contributed by atoms with Gasteiger partial charge in [0.05, 0.1) is 12.4 Å². The standard InChI is InChI=1S/C15H12Br2N4O/c16-13-5-1-11(2-6-13)9-18-20-15(22)21-19-10-12-3-7-14(17)8-4-12/h1-10H,(H2,20,21,22)/b18-9+,19-10+. The van der Waals surface area contributed by atoms with E-state index in [9.17, 15) is 4.79 Å². The van der Waals surface area contributed by atoms with Crippen LogP contribution >= 0.6 is 31.9 Å². The zero-order chi connectivity index (χ0) is 15.8. The first-order valence-electron chi connectivity index (χ1n) is 6.27. The number of carbonyl (C=O) groups excluding carboxylic acids is 1. The maximum atomic E-state index is 11.5. The number of benzene rings is 2. The molecule has 2 amide bonds. The monoisotopic (exact) mass is 422 g/mol. The van der Waals surface area contributed by atoms with E-state index in [1.165, 1.54) is 0 Å². The van der Waals surface area contributed by atoms with Crippen molar-refractivity contribution in [3.05, 3.63) is 68.6 Å². The van der Waals surface area contributed by atoms with Gasteiger partial charge < -0.3 is 0 Å². The Labute approximate surface area is 144 Å². The minimum absolute atomic E-state index is 0.512. The highest BCUT2D eigenvalue weighted by Crippen LogP contribution is 2.09. The Morgan fingerprint density at radius 3 is 1.50 bits per heavy atom. The smallest absolute Gasteiger partial charge is 0.245 e. The topological polar surface area (TPSA) is 65.8 Å². The second kappa shape index (κ2) is 8.45. The molecule has 0 unspecified atom stereocenters. The largest absolute Gasteiger partial charge is 0.355 e. The van der Waals surface area contributed by atoms with Crippen LogP contribution in [-0.2, 0) is 0 Å². The summed E-state index contributed by atoms with van der Waals surface area (Å²) in [6.07, 6.45) is 3.09. The highest BCUT2D eigenvalue weighted by molar-refractivity contribution is 9.10. The minimum Gasteiger partial charge on any atom is -0.245 e. The molecule has 0 aliphatic carbocycles. The summed E-state index contributed by atoms with van der Waals surface area (Å²) in [6.45, 7) is 0. The van der Waals surface area contributed by atoms with Crippen LogP contribution in [0.2, 0.25) is 0 Å². The Hall–Kier alpha value is -1.99. The Balaban J connectivity index is 1.78. The predicted octanol–water partition coefficient (Wildman–Crippen LogP) is 3.88. The molecule has 0 atom stereocenters. The number of rotatable bonds is 4. The van der Waals surface area contributed by atoms with Crippen LogP contribution < -0.4 is 10.9 Å². The number of nitrogens with zero attached hydrogens (tertiary/aromatic N) is 2. The summed E-state index contributed by atoms with van der Waals surface area (Å²) in [5, 5.41) is 7.65. The number of urea groups is 1. The van der Waals surface area contributed by atoms with E-state index in [0.717, 1.165) is 20.1 Å². The van der Waals surface area contributed by atoms with Crippen LogP contribution in [0.5, 0.6) is 0 Å². The summed E-state index contributed by atoms with van der Waals surface area (Å²) in [4.78, 5) is 11.5. The normalized spacial score (nSPS) is 11.0. The molecule has 22 heavy (non-hydrogen) atoms. The summed E-state index contributed by atoms with van der Waals surface area (Å²) in [7, 11) is 0. The van der Waals surface area contributed by atoms with Crippen LogP contribution in [0.4, 0.5) is 4.79 Å². The molecule has 0 saturated heterocycles. The van der Waals surface area contributed by atoms with Gasteiger partial charge in [-0.2, -0.15) is 10.2 Å². The predicted molar refractivity (Wildman–Crippen MR) is 95.1 cm³/mol. The van der Waals surface area contributed by atoms with Gasteiger partial charge in [-0.15, -0.1) is 0 Å². The van der Waals surface area contributed by atoms with Crippen LogP contribution in [0.3, 0.4) is 0 Å². The van der Waals surface area contributed by atoms with Gasteiger partial charge in [-0.05, 0) is 35.4 Å². The quantitative estimate of drug-likeness (QED) is 0.568. The molecule has 0 aliphatic rings. The lowest BCUT2D eigenvalue weighted by Gasteiger charge is -1.98. The average Bonchev–Trinajstić information content (AvgIpc) is 2.51. The van der Waals surface area contributed by atoms with E-state index >= 15 is 0 Å². The van der Waals surface area contributed by atoms with Crippen LogP contribution in [0.15, 0.2) is 67.7 Å². The van der Waals surface area contributed by atoms with Crippen LogP contribution in [0.25, 0.3) is 0 Å². The molecule has 2 rings (SSSR count). The van der Waals surface area contributed by atoms with Crippen LogP contribution in [0, 0.1) is 0 Å². The molecule has 7 heteroatoms. The van der Waals surface area contributed by atoms with Gasteiger partial charge in [0.1, 0.15) is 0 Å². The molecule has 0 saturated carbocycles. The summed E-state index contributed by atoms with van der Waals surface area (Å²) < 4.78 is 1.97. The zero-order valence-corrected chi connectivity index (χ0v) is 14.5. The van der Waals surface area contributed by atoms with Crippen molar-refractivity contribution < 1.29 is 4.79 Å². The highest BCUT2D eigenvalue weighted by atomic mass is 79.9. The average molecular weight is 424 g/mol. The summed E-state index contributed by atoms with van der Waals surface area (Å²) in [5.74, 6) is 0. The molecule has 2 aromatic rings. The van der Waals surface area contributed by atoms with Gasteiger partial charge in [0.25, 0.3) is 0 Å². The Morgan fingerprint density at radius 1 is 0.773 bits per heavy atom. The Bertz CT molecular complexity index is 622. The van der Waals surface area contributed by atoms with Crippen molar-refractivity contribution in [2.45, 2.75) is 0 Å². The fraction of sp³-hybridized carbons (Fsp3) is 0. The number of hydrogen-bond acceptors (Lipinski definition) is 3. The van der Waals surface area contributed by atoms with Gasteiger partial charge in [0.15, 0.2) is 0 Å². The molecule has 0 radical (unpaired) electrons. The molecule has 2 N–H and O–H groups in total. The third-order valence-electron chi connectivity index (χ3n) is 2.50. The number of hydrazone groups is 2. The van der Waals surface area contributed by atoms with E-state index in [1.807, 2.05) is 48.5 Å². The van der Waals surface area contributed by atoms with E-state index in [-0.39, 0.29) is 0 Å². The van der Waals surface area contributed by atoms with Gasteiger partial charge in [-0.25, -0.2) is 15.6 Å². The molecule has 0 fully saturated rings. The third-order valence-corrected chi connectivity index (χ3v) is 3.56. The van der Waals surface area contributed by atoms with Gasteiger partial charge in [-0.1, -0.05) is 56.1 Å². The van der Waals surface area contributed by atoms with Gasteiger partial charge in [0.2, 0.25) is 0 Å². The molecular formula is C15H12Br2N4O. The van der Waals surface area contributed by atoms with Crippen molar-refractivity contribution in [2.24, 2.45) is 10.2 Å². The van der Waals surface area contributed by atoms with E-state index in [2.05, 4.69) is 52.9 Å². The molecule has 5 nitrogen and oxygen atoms in total. The maximum Gasteiger partial charge on any atom is 0.355 e. The van der Waals surface area contributed by atoms with E-state index < -0.39 is 6.03 Å². The molecule has 0 bridgehead atoms. The molecule has 0 spiro atoms. The number of halogens is 2. The van der Waals surface area contributed by atoms with Gasteiger partial charge >= 0.3 is 6.03 Å². The van der Waals surface area contributed by atoms with E-state index in [4.69, 9.17) is 0 Å². The SMILES string of the molecule is O=C(N/N=C/c1ccc(Br)cc1)N/N=C/c1ccc(Br)cc1. The Kier molecular flexibility index (Phi) is 6.29. The third kappa shape index (κ3) is 5.79. The number of hydrogen-bond donors (Lipinski definition) is 2. The van der Waals surface area contributed by atoms with E-state index in [1.54, 1.807) is 12.4 Å². The fourth-order valence-electron chi connectivity index (χ4n) is 1.45. The van der Waals surface area contributed by atoms with Crippen molar-refractivity contribution in [2.75, 3.05) is 0 Å². The lowest BCUT2D eigenvalue weighted by Crippen LogP contribution is -2.28. The molecule has 0 heterocycles. The first kappa shape index (κ1) is 16.4. The molecule has 2 aromatic carbocycles. The van der Waals surface area contributed by atoms with Crippen LogP contribution in [-0.4, -0.2) is 18.5 Å². The first-order chi connectivity index (χ1) is 10.6. The van der Waals surface area contributed by atoms with Gasteiger partial charge in [-0.3, -0.25) is 0 Å². The van der Waals surface area contributed by atoms with Crippen molar-refractivity contribution in [1.82, 2.24) is 10.9 Å². The number of carbonyl (C=O) groups is 1. The van der Waals surface area contributed by atoms with Crippen molar-refractivity contribution in [3.63, 3.8) is 0 Å². The Morgan fingerprint density at radius 2 is 1.14 bits per heavy atom. The summed E-state index contributed by atoms with van der Waals surface area (Å²) >= 11 is 6.69. The zero-order valence-electron chi connectivity index (χ0n) is 11.3. The second-order valence-electron chi connectivity index (χ2n) is 4.17. The van der Waals surface area contributed by atoms with Crippen LogP contribution in [0.1, 0.15) is 11.1 Å². The molecule has 0 aliphatic heterocycles. The lowest BCUT2D eigenvalue weighted by molar-refractivity contribution is 0.242. The van der Waals surface area contributed by atoms with Gasteiger partial charge in [0, 0.05) is 8.95 Å². The number of nitrogens with one attached hydrogen (secondary N) is 2. The molecule has 112 valence electrons. The number of amides is 2. The van der Waals surface area contributed by atoms with Crippen molar-refractivity contribution >= 4 is 50.3 Å². The first-order valence-corrected chi connectivity index (χ1v) is 7.85. The fourth-order valence-corrected chi connectivity index (χ4v) is 1.98. The maximum absolute atomic E-state index is 11.5.